The second-order valence-corrected chi connectivity index (χ2v) is 10.8. The Morgan fingerprint density at radius 1 is 1.11 bits per heavy atom. The van der Waals surface area contributed by atoms with E-state index in [1.807, 2.05) is 48.5 Å². The topological polar surface area (TPSA) is 143 Å². The van der Waals surface area contributed by atoms with Crippen molar-refractivity contribution in [3.63, 3.8) is 0 Å². The van der Waals surface area contributed by atoms with Crippen LogP contribution in [0.2, 0.25) is 0 Å². The largest absolute Gasteiger partial charge is 0.462 e. The predicted molar refractivity (Wildman–Crippen MR) is 149 cm³/mol. The number of nitrogens with two attached hydrogens (primary N) is 1. The molecule has 0 saturated carbocycles. The molecule has 1 aliphatic heterocycles. The summed E-state index contributed by atoms with van der Waals surface area (Å²) >= 11 is 1.40. The molecule has 2 rings (SSSR count). The molecule has 0 aromatic heterocycles. The molecule has 10 nitrogen and oxygen atoms in total. The Hall–Kier alpha value is -2.63. The van der Waals surface area contributed by atoms with Crippen LogP contribution in [0, 0.1) is 5.92 Å². The third-order valence-electron chi connectivity index (χ3n) is 6.49. The summed E-state index contributed by atoms with van der Waals surface area (Å²) in [5.41, 5.74) is 6.78. The van der Waals surface area contributed by atoms with E-state index in [0.29, 0.717) is 31.3 Å². The zero-order valence-corrected chi connectivity index (χ0v) is 23.7. The lowest BCUT2D eigenvalue weighted by atomic mass is 9.93. The summed E-state index contributed by atoms with van der Waals surface area (Å²) in [4.78, 5) is 53.3. The minimum absolute atomic E-state index is 0.0591. The first-order valence-corrected chi connectivity index (χ1v) is 14.6. The molecule has 0 spiro atoms. The number of nitrogens with one attached hydrogen (secondary N) is 3. The van der Waals surface area contributed by atoms with Gasteiger partial charge in [0.05, 0.1) is 12.0 Å². The maximum absolute atomic E-state index is 13.4. The number of esters is 1. The first-order chi connectivity index (χ1) is 18.1. The van der Waals surface area contributed by atoms with E-state index >= 15 is 0 Å². The highest BCUT2D eigenvalue weighted by Crippen LogP contribution is 2.18. The van der Waals surface area contributed by atoms with Crippen molar-refractivity contribution in [1.29, 1.82) is 0 Å². The lowest BCUT2D eigenvalue weighted by Gasteiger charge is -2.33. The smallest absolute Gasteiger partial charge is 0.325 e. The Balaban J connectivity index is 2.06. The van der Waals surface area contributed by atoms with Gasteiger partial charge in [-0.3, -0.25) is 19.2 Å². The van der Waals surface area contributed by atoms with E-state index in [9.17, 15) is 19.2 Å². The number of hydrogen-bond donors (Lipinski definition) is 4. The summed E-state index contributed by atoms with van der Waals surface area (Å²) in [5, 5.41) is 8.74. The van der Waals surface area contributed by atoms with Crippen LogP contribution in [0.4, 0.5) is 0 Å². The van der Waals surface area contributed by atoms with E-state index in [4.69, 9.17) is 10.5 Å². The summed E-state index contributed by atoms with van der Waals surface area (Å²) < 4.78 is 5.08. The zero-order valence-electron chi connectivity index (χ0n) is 22.9. The highest BCUT2D eigenvalue weighted by Gasteiger charge is 2.30. The molecular weight excluding hydrogens is 506 g/mol. The van der Waals surface area contributed by atoms with Crippen LogP contribution >= 0.6 is 11.8 Å². The van der Waals surface area contributed by atoms with Crippen LogP contribution in [0.3, 0.4) is 0 Å². The van der Waals surface area contributed by atoms with Gasteiger partial charge in [-0.05, 0) is 52.0 Å². The molecule has 3 atom stereocenters. The van der Waals surface area contributed by atoms with Gasteiger partial charge in [-0.1, -0.05) is 30.3 Å². The lowest BCUT2D eigenvalue weighted by Crippen LogP contribution is -2.53. The van der Waals surface area contributed by atoms with Crippen molar-refractivity contribution in [2.75, 3.05) is 38.7 Å². The Labute approximate surface area is 230 Å². The number of nitrogens with zero attached hydrogens (tertiary/aromatic N) is 1. The molecule has 1 saturated heterocycles. The molecule has 0 bridgehead atoms. The zero-order chi connectivity index (χ0) is 28.1. The van der Waals surface area contributed by atoms with E-state index in [1.165, 1.54) is 11.8 Å². The molecule has 1 aromatic rings. The molecule has 1 heterocycles. The maximum Gasteiger partial charge on any atom is 0.325 e. The third kappa shape index (κ3) is 10.6. The predicted octanol–water partition coefficient (Wildman–Crippen LogP) is 0.689. The summed E-state index contributed by atoms with van der Waals surface area (Å²) in [6.07, 6.45) is 3.71. The number of rotatable bonds is 14. The first kappa shape index (κ1) is 31.6. The molecule has 1 aliphatic rings. The van der Waals surface area contributed by atoms with Crippen LogP contribution in [0.25, 0.3) is 0 Å². The molecule has 38 heavy (non-hydrogen) atoms. The van der Waals surface area contributed by atoms with Crippen molar-refractivity contribution in [2.24, 2.45) is 11.7 Å². The number of carbonyl (C=O) groups is 4. The van der Waals surface area contributed by atoms with Crippen LogP contribution in [0.1, 0.15) is 38.7 Å². The Morgan fingerprint density at radius 2 is 1.76 bits per heavy atom. The van der Waals surface area contributed by atoms with Gasteiger partial charge in [0.1, 0.15) is 12.1 Å². The van der Waals surface area contributed by atoms with Gasteiger partial charge >= 0.3 is 5.97 Å². The normalized spacial score (nSPS) is 16.4. The van der Waals surface area contributed by atoms with Gasteiger partial charge in [0.25, 0.3) is 0 Å². The molecular formula is C27H43N5O5S. The van der Waals surface area contributed by atoms with Crippen LogP contribution < -0.4 is 21.7 Å². The van der Waals surface area contributed by atoms with Crippen molar-refractivity contribution in [3.05, 3.63) is 35.9 Å². The number of piperidine rings is 1. The highest BCUT2D eigenvalue weighted by molar-refractivity contribution is 7.98. The fourth-order valence-electron chi connectivity index (χ4n) is 4.29. The molecule has 0 radical (unpaired) electrons. The molecule has 1 fully saturated rings. The fourth-order valence-corrected chi connectivity index (χ4v) is 4.86. The fraction of sp³-hybridized carbons (Fsp3) is 0.630. The van der Waals surface area contributed by atoms with E-state index < -0.39 is 29.9 Å². The number of thioether (sulfide) groups is 1. The van der Waals surface area contributed by atoms with Crippen LogP contribution in [-0.4, -0.2) is 91.5 Å². The average molecular weight is 550 g/mol. The summed E-state index contributed by atoms with van der Waals surface area (Å²) in [5.74, 6) is -1.77. The number of carbonyl (C=O) groups excluding carboxylic acids is 4. The van der Waals surface area contributed by atoms with Crippen molar-refractivity contribution in [1.82, 2.24) is 20.9 Å². The van der Waals surface area contributed by atoms with Crippen molar-refractivity contribution in [2.45, 2.75) is 63.8 Å². The number of amides is 3. The van der Waals surface area contributed by atoms with Crippen LogP contribution in [-0.2, 0) is 30.3 Å². The number of likely N-dealkylation sites (tertiary alicyclic amines) is 1. The first-order valence-electron chi connectivity index (χ1n) is 13.2. The molecule has 3 amide bonds. The summed E-state index contributed by atoms with van der Waals surface area (Å²) in [6, 6.07) is 8.08. The Kier molecular flexibility index (Phi) is 13.6. The van der Waals surface area contributed by atoms with E-state index in [1.54, 1.807) is 13.8 Å². The summed E-state index contributed by atoms with van der Waals surface area (Å²) in [6.45, 7) is 4.63. The highest BCUT2D eigenvalue weighted by atomic mass is 32.2. The minimum atomic E-state index is -1.01. The van der Waals surface area contributed by atoms with E-state index in [-0.39, 0.29) is 30.9 Å². The Bertz CT molecular complexity index is 908. The molecule has 11 heteroatoms. The number of ether oxygens (including phenoxy) is 1. The Morgan fingerprint density at radius 3 is 2.34 bits per heavy atom. The van der Waals surface area contributed by atoms with Gasteiger partial charge in [0.2, 0.25) is 17.7 Å². The van der Waals surface area contributed by atoms with Gasteiger partial charge in [0.15, 0.2) is 0 Å². The number of hydrogen-bond acceptors (Lipinski definition) is 8. The number of benzene rings is 1. The SMILES string of the molecule is CNC1CCN(C(=O)C[C@@H](Cc2ccccc2)C(=O)N[C@@H](CSC)C(=O)NC[C@@H](N)C(=O)OC(C)C)CC1. The third-order valence-corrected chi connectivity index (χ3v) is 7.16. The second kappa shape index (κ2) is 16.4. The maximum atomic E-state index is 13.4. The van der Waals surface area contributed by atoms with Gasteiger partial charge < -0.3 is 31.3 Å². The van der Waals surface area contributed by atoms with Gasteiger partial charge in [-0.2, -0.15) is 11.8 Å². The monoisotopic (exact) mass is 549 g/mol. The molecule has 1 aromatic carbocycles. The van der Waals surface area contributed by atoms with Crippen molar-refractivity contribution >= 4 is 35.5 Å². The van der Waals surface area contributed by atoms with Gasteiger partial charge in [-0.15, -0.1) is 0 Å². The lowest BCUT2D eigenvalue weighted by molar-refractivity contribution is -0.149. The van der Waals surface area contributed by atoms with Gasteiger partial charge in [0, 0.05) is 37.8 Å². The van der Waals surface area contributed by atoms with Crippen LogP contribution in [0.15, 0.2) is 30.3 Å². The van der Waals surface area contributed by atoms with Crippen molar-refractivity contribution < 1.29 is 23.9 Å². The van der Waals surface area contributed by atoms with E-state index in [0.717, 1.165) is 18.4 Å². The average Bonchev–Trinajstić information content (AvgIpc) is 2.90. The van der Waals surface area contributed by atoms with Crippen molar-refractivity contribution in [3.8, 4) is 0 Å². The molecule has 0 aliphatic carbocycles. The molecule has 5 N–H and O–H groups in total. The van der Waals surface area contributed by atoms with E-state index in [2.05, 4.69) is 16.0 Å². The second-order valence-electron chi connectivity index (χ2n) is 9.89. The quantitative estimate of drug-likeness (QED) is 0.248. The molecule has 0 unspecified atom stereocenters. The molecule has 212 valence electrons. The minimum Gasteiger partial charge on any atom is -0.462 e. The standard InChI is InChI=1S/C27H43N5O5S/c1-18(2)37-27(36)22(28)16-30-26(35)23(17-38-4)31-25(34)20(14-19-8-6-5-7-9-19)15-24(33)32-12-10-21(29-3)11-13-32/h5-9,18,20-23,29H,10-17,28H2,1-4H3,(H,30,35)(H,31,34)/t20-,22-,23+/m1/s1. The van der Waals surface area contributed by atoms with Crippen LogP contribution in [0.5, 0.6) is 0 Å². The summed E-state index contributed by atoms with van der Waals surface area (Å²) in [7, 11) is 1.93. The van der Waals surface area contributed by atoms with Gasteiger partial charge in [-0.25, -0.2) is 0 Å².